The molecule has 0 saturated carbocycles. The lowest BCUT2D eigenvalue weighted by Crippen LogP contribution is -2.13. The summed E-state index contributed by atoms with van der Waals surface area (Å²) in [7, 11) is -3.77. The number of para-hydroxylation sites is 1. The van der Waals surface area contributed by atoms with Crippen LogP contribution in [-0.4, -0.2) is 13.4 Å². The van der Waals surface area contributed by atoms with Crippen molar-refractivity contribution in [2.75, 3.05) is 4.72 Å². The molecule has 0 aliphatic rings. The lowest BCUT2D eigenvalue weighted by atomic mass is 10.2. The number of sulfonamides is 1. The molecule has 1 heterocycles. The number of rotatable bonds is 3. The number of halogens is 1. The fourth-order valence-corrected chi connectivity index (χ4v) is 3.08. The summed E-state index contributed by atoms with van der Waals surface area (Å²) < 4.78 is 40.0. The zero-order chi connectivity index (χ0) is 14.9. The monoisotopic (exact) mass is 302 g/mol. The molecule has 2 aromatic carbocycles. The molecule has 0 amide bonds. The number of nitrogens with one attached hydrogen (secondary N) is 1. The van der Waals surface area contributed by atoms with E-state index in [0.717, 1.165) is 12.1 Å². The van der Waals surface area contributed by atoms with Gasteiger partial charge in [0.1, 0.15) is 5.82 Å². The van der Waals surface area contributed by atoms with Crippen molar-refractivity contribution in [3.05, 3.63) is 66.6 Å². The predicted octanol–water partition coefficient (Wildman–Crippen LogP) is 3.17. The molecule has 0 unspecified atom stereocenters. The Kier molecular flexibility index (Phi) is 3.31. The molecule has 0 atom stereocenters. The van der Waals surface area contributed by atoms with Gasteiger partial charge in [-0.25, -0.2) is 12.8 Å². The van der Waals surface area contributed by atoms with Crippen LogP contribution in [0.15, 0.2) is 65.7 Å². The Balaban J connectivity index is 2.03. The van der Waals surface area contributed by atoms with Crippen LogP contribution >= 0.6 is 0 Å². The smallest absolute Gasteiger partial charge is 0.261 e. The second kappa shape index (κ2) is 5.14. The number of hydrogen-bond donors (Lipinski definition) is 1. The molecule has 6 heteroatoms. The van der Waals surface area contributed by atoms with Gasteiger partial charge in [0, 0.05) is 11.6 Å². The van der Waals surface area contributed by atoms with Crippen LogP contribution in [0.2, 0.25) is 0 Å². The van der Waals surface area contributed by atoms with E-state index in [1.54, 1.807) is 24.3 Å². The Bertz CT molecular complexity index is 888. The van der Waals surface area contributed by atoms with Gasteiger partial charge in [0.15, 0.2) is 0 Å². The zero-order valence-corrected chi connectivity index (χ0v) is 11.6. The van der Waals surface area contributed by atoms with Crippen molar-refractivity contribution in [2.24, 2.45) is 0 Å². The maximum absolute atomic E-state index is 12.9. The van der Waals surface area contributed by atoms with Crippen molar-refractivity contribution in [2.45, 2.75) is 4.90 Å². The summed E-state index contributed by atoms with van der Waals surface area (Å²) in [5.74, 6) is -0.483. The number of nitrogens with zero attached hydrogens (tertiary/aromatic N) is 1. The normalized spacial score (nSPS) is 11.5. The summed E-state index contributed by atoms with van der Waals surface area (Å²) in [5, 5.41) is 0.700. The van der Waals surface area contributed by atoms with Crippen molar-refractivity contribution in [3.8, 4) is 0 Å². The fourth-order valence-electron chi connectivity index (χ4n) is 2.00. The molecule has 0 fully saturated rings. The highest BCUT2D eigenvalue weighted by atomic mass is 32.2. The van der Waals surface area contributed by atoms with Gasteiger partial charge in [-0.05, 0) is 36.4 Å². The van der Waals surface area contributed by atoms with Crippen molar-refractivity contribution in [3.63, 3.8) is 0 Å². The van der Waals surface area contributed by atoms with Gasteiger partial charge in [-0.2, -0.15) is 0 Å². The van der Waals surface area contributed by atoms with Gasteiger partial charge in [0.25, 0.3) is 10.0 Å². The number of anilines is 1. The number of hydrogen-bond acceptors (Lipinski definition) is 3. The molecule has 0 saturated heterocycles. The molecule has 1 N–H and O–H groups in total. The quantitative estimate of drug-likeness (QED) is 0.808. The Morgan fingerprint density at radius 1 is 0.952 bits per heavy atom. The molecule has 0 aliphatic carbocycles. The average Bonchev–Trinajstić information content (AvgIpc) is 2.48. The van der Waals surface area contributed by atoms with Crippen molar-refractivity contribution < 1.29 is 12.8 Å². The van der Waals surface area contributed by atoms with Crippen LogP contribution in [0, 0.1) is 5.82 Å². The summed E-state index contributed by atoms with van der Waals surface area (Å²) in [6, 6.07) is 13.5. The van der Waals surface area contributed by atoms with Crippen LogP contribution < -0.4 is 4.72 Å². The van der Waals surface area contributed by atoms with Crippen molar-refractivity contribution in [1.29, 1.82) is 0 Å². The Morgan fingerprint density at radius 2 is 1.67 bits per heavy atom. The highest BCUT2D eigenvalue weighted by molar-refractivity contribution is 7.92. The minimum absolute atomic E-state index is 0.00444. The number of pyridine rings is 1. The van der Waals surface area contributed by atoms with E-state index in [1.165, 1.54) is 18.3 Å². The van der Waals surface area contributed by atoms with E-state index < -0.39 is 15.8 Å². The third-order valence-electron chi connectivity index (χ3n) is 3.02. The summed E-state index contributed by atoms with van der Waals surface area (Å²) in [6.45, 7) is 0. The minimum Gasteiger partial charge on any atom is -0.279 e. The second-order valence-electron chi connectivity index (χ2n) is 4.44. The molecule has 3 rings (SSSR count). The zero-order valence-electron chi connectivity index (χ0n) is 10.8. The Labute approximate surface area is 121 Å². The first kappa shape index (κ1) is 13.5. The van der Waals surface area contributed by atoms with Gasteiger partial charge >= 0.3 is 0 Å². The van der Waals surface area contributed by atoms with Gasteiger partial charge in [0.05, 0.1) is 16.1 Å². The van der Waals surface area contributed by atoms with Gasteiger partial charge in [-0.3, -0.25) is 9.71 Å². The largest absolute Gasteiger partial charge is 0.279 e. The molecule has 4 nitrogen and oxygen atoms in total. The molecule has 21 heavy (non-hydrogen) atoms. The molecule has 0 aliphatic heterocycles. The van der Waals surface area contributed by atoms with Crippen LogP contribution in [0.3, 0.4) is 0 Å². The number of benzene rings is 2. The molecule has 0 radical (unpaired) electrons. The van der Waals surface area contributed by atoms with Crippen LogP contribution in [0.5, 0.6) is 0 Å². The van der Waals surface area contributed by atoms with Crippen LogP contribution in [0.1, 0.15) is 0 Å². The minimum atomic E-state index is -3.77. The van der Waals surface area contributed by atoms with E-state index in [9.17, 15) is 12.8 Å². The first-order valence-corrected chi connectivity index (χ1v) is 7.67. The SMILES string of the molecule is O=S(=O)(Nc1ccnc2ccccc12)c1ccc(F)cc1. The molecule has 1 aromatic heterocycles. The van der Waals surface area contributed by atoms with Gasteiger partial charge in [0.2, 0.25) is 0 Å². The van der Waals surface area contributed by atoms with E-state index >= 15 is 0 Å². The Hall–Kier alpha value is -2.47. The van der Waals surface area contributed by atoms with E-state index in [0.29, 0.717) is 16.6 Å². The lowest BCUT2D eigenvalue weighted by molar-refractivity contribution is 0.599. The van der Waals surface area contributed by atoms with Crippen LogP contribution in [0.25, 0.3) is 10.9 Å². The maximum atomic E-state index is 12.9. The highest BCUT2D eigenvalue weighted by Gasteiger charge is 2.15. The summed E-state index contributed by atoms with van der Waals surface area (Å²) in [4.78, 5) is 4.18. The fraction of sp³-hybridized carbons (Fsp3) is 0. The average molecular weight is 302 g/mol. The molecular formula is C15H11FN2O2S. The first-order valence-electron chi connectivity index (χ1n) is 6.18. The summed E-state index contributed by atoms with van der Waals surface area (Å²) >= 11 is 0. The third kappa shape index (κ3) is 2.71. The Morgan fingerprint density at radius 3 is 2.43 bits per heavy atom. The van der Waals surface area contributed by atoms with Gasteiger partial charge < -0.3 is 0 Å². The molecule has 106 valence electrons. The summed E-state index contributed by atoms with van der Waals surface area (Å²) in [6.07, 6.45) is 1.53. The van der Waals surface area contributed by atoms with E-state index in [2.05, 4.69) is 9.71 Å². The summed E-state index contributed by atoms with van der Waals surface area (Å²) in [5.41, 5.74) is 1.13. The predicted molar refractivity (Wildman–Crippen MR) is 79.0 cm³/mol. The second-order valence-corrected chi connectivity index (χ2v) is 6.12. The van der Waals surface area contributed by atoms with Gasteiger partial charge in [-0.15, -0.1) is 0 Å². The third-order valence-corrected chi connectivity index (χ3v) is 4.40. The topological polar surface area (TPSA) is 59.1 Å². The standard InChI is InChI=1S/C15H11FN2O2S/c16-11-5-7-12(8-6-11)21(19,20)18-15-9-10-17-14-4-2-1-3-13(14)15/h1-10H,(H,17,18). The maximum Gasteiger partial charge on any atom is 0.261 e. The molecule has 0 spiro atoms. The van der Waals surface area contributed by atoms with Crippen molar-refractivity contribution >= 4 is 26.6 Å². The van der Waals surface area contributed by atoms with E-state index in [4.69, 9.17) is 0 Å². The highest BCUT2D eigenvalue weighted by Crippen LogP contribution is 2.24. The van der Waals surface area contributed by atoms with Gasteiger partial charge in [-0.1, -0.05) is 18.2 Å². The molecule has 0 bridgehead atoms. The van der Waals surface area contributed by atoms with Crippen molar-refractivity contribution in [1.82, 2.24) is 4.98 Å². The molecular weight excluding hydrogens is 291 g/mol. The van der Waals surface area contributed by atoms with Crippen LogP contribution in [-0.2, 0) is 10.0 Å². The first-order chi connectivity index (χ1) is 10.1. The number of fused-ring (bicyclic) bond motifs is 1. The van der Waals surface area contributed by atoms with Crippen LogP contribution in [0.4, 0.5) is 10.1 Å². The number of aromatic nitrogens is 1. The van der Waals surface area contributed by atoms with E-state index in [-0.39, 0.29) is 4.90 Å². The lowest BCUT2D eigenvalue weighted by Gasteiger charge is -2.10. The molecule has 3 aromatic rings. The van der Waals surface area contributed by atoms with E-state index in [1.807, 2.05) is 6.07 Å².